The largest absolute Gasteiger partial charge is 0.399 e. The van der Waals surface area contributed by atoms with Crippen molar-refractivity contribution in [1.82, 2.24) is 5.32 Å². The topological polar surface area (TPSA) is 67.1 Å². The van der Waals surface area contributed by atoms with E-state index >= 15 is 0 Å². The Morgan fingerprint density at radius 1 is 1.39 bits per heavy atom. The van der Waals surface area contributed by atoms with Crippen molar-refractivity contribution in [3.05, 3.63) is 47.7 Å². The lowest BCUT2D eigenvalue weighted by Gasteiger charge is -2.20. The molecule has 2 aliphatic rings. The number of nitrogens with one attached hydrogen (secondary N) is 2. The lowest BCUT2D eigenvalue weighted by molar-refractivity contribution is -0.118. The van der Waals surface area contributed by atoms with Gasteiger partial charge in [-0.25, -0.2) is 0 Å². The average molecular weight is 241 g/mol. The number of amides is 1. The minimum Gasteiger partial charge on any atom is -0.399 e. The van der Waals surface area contributed by atoms with Gasteiger partial charge in [-0.3, -0.25) is 4.79 Å². The zero-order chi connectivity index (χ0) is 12.5. The number of anilines is 2. The molecule has 1 amide bonds. The lowest BCUT2D eigenvalue weighted by Crippen LogP contribution is -2.20. The summed E-state index contributed by atoms with van der Waals surface area (Å²) in [6, 6.07) is 7.91. The maximum atomic E-state index is 11.3. The van der Waals surface area contributed by atoms with Gasteiger partial charge >= 0.3 is 0 Å². The molecule has 0 aromatic heterocycles. The molecule has 0 bridgehead atoms. The first-order valence-corrected chi connectivity index (χ1v) is 6.03. The van der Waals surface area contributed by atoms with E-state index in [2.05, 4.69) is 16.7 Å². The fraction of sp³-hybridized carbons (Fsp3) is 0.214. The Balaban J connectivity index is 1.70. The Morgan fingerprint density at radius 2 is 2.28 bits per heavy atom. The molecule has 1 aromatic carbocycles. The summed E-state index contributed by atoms with van der Waals surface area (Å²) < 4.78 is 0. The van der Waals surface area contributed by atoms with Crippen molar-refractivity contribution < 1.29 is 4.79 Å². The van der Waals surface area contributed by atoms with Crippen LogP contribution < -0.4 is 16.4 Å². The molecule has 18 heavy (non-hydrogen) atoms. The molecule has 0 spiro atoms. The van der Waals surface area contributed by atoms with Crippen LogP contribution in [0.25, 0.3) is 0 Å². The first-order chi connectivity index (χ1) is 8.70. The van der Waals surface area contributed by atoms with Gasteiger partial charge in [0, 0.05) is 23.1 Å². The van der Waals surface area contributed by atoms with Crippen LogP contribution in [0, 0.1) is 0 Å². The normalized spacial score (nSPS) is 21.8. The molecule has 1 atom stereocenters. The maximum absolute atomic E-state index is 11.3. The molecule has 1 unspecified atom stereocenters. The molecule has 0 fully saturated rings. The van der Waals surface area contributed by atoms with Crippen molar-refractivity contribution in [2.75, 3.05) is 11.1 Å². The van der Waals surface area contributed by atoms with E-state index in [9.17, 15) is 4.79 Å². The third-order valence-corrected chi connectivity index (χ3v) is 3.23. The van der Waals surface area contributed by atoms with Gasteiger partial charge < -0.3 is 16.4 Å². The fourth-order valence-electron chi connectivity index (χ4n) is 2.40. The number of nitrogen functional groups attached to an aromatic ring is 1. The second-order valence-corrected chi connectivity index (χ2v) is 4.68. The van der Waals surface area contributed by atoms with E-state index in [1.54, 1.807) is 0 Å². The number of nitrogens with two attached hydrogens (primary N) is 1. The second kappa shape index (κ2) is 4.22. The van der Waals surface area contributed by atoms with Crippen molar-refractivity contribution in [2.24, 2.45) is 0 Å². The predicted molar refractivity (Wildman–Crippen MR) is 71.8 cm³/mol. The average Bonchev–Trinajstić information content (AvgIpc) is 2.68. The summed E-state index contributed by atoms with van der Waals surface area (Å²) >= 11 is 0. The molecule has 0 saturated heterocycles. The summed E-state index contributed by atoms with van der Waals surface area (Å²) in [6.45, 7) is 0. The molecule has 1 aliphatic carbocycles. The van der Waals surface area contributed by atoms with Gasteiger partial charge in [0.1, 0.15) is 0 Å². The molecule has 92 valence electrons. The van der Waals surface area contributed by atoms with E-state index in [0.717, 1.165) is 23.5 Å². The fourth-order valence-corrected chi connectivity index (χ4v) is 2.40. The van der Waals surface area contributed by atoms with E-state index in [1.165, 1.54) is 5.57 Å². The molecule has 1 aromatic rings. The first kappa shape index (κ1) is 10.9. The van der Waals surface area contributed by atoms with Crippen LogP contribution in [-0.2, 0) is 4.79 Å². The molecule has 1 aliphatic heterocycles. The van der Waals surface area contributed by atoms with Crippen molar-refractivity contribution >= 4 is 17.3 Å². The first-order valence-electron chi connectivity index (χ1n) is 6.03. The number of rotatable bonds is 2. The Hall–Kier alpha value is -2.23. The van der Waals surface area contributed by atoms with Crippen LogP contribution in [0.5, 0.6) is 0 Å². The Bertz CT molecular complexity index is 560. The number of hydrogen-bond acceptors (Lipinski definition) is 3. The van der Waals surface area contributed by atoms with Crippen LogP contribution in [0.4, 0.5) is 11.4 Å². The zero-order valence-electron chi connectivity index (χ0n) is 9.94. The summed E-state index contributed by atoms with van der Waals surface area (Å²) in [5, 5.41) is 6.26. The Morgan fingerprint density at radius 3 is 3.11 bits per heavy atom. The van der Waals surface area contributed by atoms with Gasteiger partial charge in [-0.15, -0.1) is 0 Å². The van der Waals surface area contributed by atoms with Crippen molar-refractivity contribution in [3.63, 3.8) is 0 Å². The van der Waals surface area contributed by atoms with Gasteiger partial charge in [0.2, 0.25) is 5.91 Å². The van der Waals surface area contributed by atoms with Crippen molar-refractivity contribution in [3.8, 4) is 0 Å². The smallest absolute Gasteiger partial charge is 0.228 e. The maximum Gasteiger partial charge on any atom is 0.228 e. The molecule has 4 nitrogen and oxygen atoms in total. The molecule has 3 rings (SSSR count). The quantitative estimate of drug-likeness (QED) is 0.691. The van der Waals surface area contributed by atoms with Gasteiger partial charge in [-0.1, -0.05) is 12.1 Å². The van der Waals surface area contributed by atoms with Gasteiger partial charge in [0.15, 0.2) is 0 Å². The van der Waals surface area contributed by atoms with E-state index in [-0.39, 0.29) is 11.9 Å². The van der Waals surface area contributed by atoms with Gasteiger partial charge in [-0.2, -0.15) is 0 Å². The molecular weight excluding hydrogens is 226 g/mol. The minimum absolute atomic E-state index is 0.0919. The zero-order valence-corrected chi connectivity index (χ0v) is 9.94. The van der Waals surface area contributed by atoms with Crippen LogP contribution >= 0.6 is 0 Å². The van der Waals surface area contributed by atoms with E-state index in [4.69, 9.17) is 5.73 Å². The third kappa shape index (κ3) is 2.09. The van der Waals surface area contributed by atoms with E-state index < -0.39 is 0 Å². The van der Waals surface area contributed by atoms with Crippen LogP contribution in [0.1, 0.15) is 12.8 Å². The number of benzene rings is 1. The Kier molecular flexibility index (Phi) is 2.55. The second-order valence-electron chi connectivity index (χ2n) is 4.68. The van der Waals surface area contributed by atoms with Crippen LogP contribution in [-0.4, -0.2) is 11.9 Å². The van der Waals surface area contributed by atoms with E-state index in [0.29, 0.717) is 6.42 Å². The number of carbonyl (C=O) groups excluding carboxylic acids is 1. The highest BCUT2D eigenvalue weighted by atomic mass is 16.1. The van der Waals surface area contributed by atoms with Gasteiger partial charge in [-0.05, 0) is 36.3 Å². The lowest BCUT2D eigenvalue weighted by atomic mass is 9.98. The standard InChI is InChI=1S/C14H15N3O/c15-10-2-1-3-11(8-10)16-12-4-5-13-9(6-12)7-14(18)17-13/h1-5,8,12,16H,6-7,15H2,(H,17,18). The van der Waals surface area contributed by atoms with Gasteiger partial charge in [0.05, 0.1) is 6.42 Å². The Labute approximate surface area is 106 Å². The van der Waals surface area contributed by atoms with Crippen molar-refractivity contribution in [2.45, 2.75) is 18.9 Å². The highest BCUT2D eigenvalue weighted by molar-refractivity contribution is 5.85. The molecule has 0 saturated carbocycles. The molecule has 1 heterocycles. The molecular formula is C14H15N3O. The third-order valence-electron chi connectivity index (χ3n) is 3.23. The predicted octanol–water partition coefficient (Wildman–Crippen LogP) is 1.78. The number of hydrogen-bond donors (Lipinski definition) is 3. The van der Waals surface area contributed by atoms with Crippen LogP contribution in [0.3, 0.4) is 0 Å². The summed E-state index contributed by atoms with van der Waals surface area (Å²) in [4.78, 5) is 11.3. The number of allylic oxidation sites excluding steroid dienone is 1. The SMILES string of the molecule is Nc1cccc(NC2C=CC3=C(CC(=O)N3)C2)c1. The monoisotopic (exact) mass is 241 g/mol. The van der Waals surface area contributed by atoms with Gasteiger partial charge in [0.25, 0.3) is 0 Å². The summed E-state index contributed by atoms with van der Waals surface area (Å²) in [7, 11) is 0. The summed E-state index contributed by atoms with van der Waals surface area (Å²) in [6.07, 6.45) is 5.44. The summed E-state index contributed by atoms with van der Waals surface area (Å²) in [5.41, 5.74) is 9.66. The summed E-state index contributed by atoms with van der Waals surface area (Å²) in [5.74, 6) is 0.0919. The van der Waals surface area contributed by atoms with Crippen molar-refractivity contribution in [1.29, 1.82) is 0 Å². The van der Waals surface area contributed by atoms with Crippen LogP contribution in [0.2, 0.25) is 0 Å². The number of carbonyl (C=O) groups is 1. The molecule has 4 heteroatoms. The highest BCUT2D eigenvalue weighted by Gasteiger charge is 2.24. The highest BCUT2D eigenvalue weighted by Crippen LogP contribution is 2.27. The minimum atomic E-state index is 0.0919. The molecule has 4 N–H and O–H groups in total. The van der Waals surface area contributed by atoms with Crippen LogP contribution in [0.15, 0.2) is 47.7 Å². The molecule has 0 radical (unpaired) electrons. The van der Waals surface area contributed by atoms with E-state index in [1.807, 2.05) is 30.3 Å².